The van der Waals surface area contributed by atoms with Gasteiger partial charge in [0.1, 0.15) is 11.4 Å². The van der Waals surface area contributed by atoms with E-state index in [0.717, 1.165) is 48.1 Å². The summed E-state index contributed by atoms with van der Waals surface area (Å²) in [4.78, 5) is 34.6. The van der Waals surface area contributed by atoms with Crippen LogP contribution in [0.15, 0.2) is 12.1 Å². The highest BCUT2D eigenvalue weighted by Crippen LogP contribution is 2.43. The van der Waals surface area contributed by atoms with Crippen LogP contribution in [0.5, 0.6) is 0 Å². The molecule has 1 aromatic carbocycles. The number of imidazole rings is 1. The summed E-state index contributed by atoms with van der Waals surface area (Å²) < 4.78 is 5.26. The molecule has 2 aromatic rings. The van der Waals surface area contributed by atoms with Crippen molar-refractivity contribution < 1.29 is 14.3 Å². The highest BCUT2D eigenvalue weighted by atomic mass is 16.6. The molecule has 0 fully saturated rings. The lowest BCUT2D eigenvalue weighted by atomic mass is 9.86. The van der Waals surface area contributed by atoms with E-state index in [1.807, 2.05) is 51.7 Å². The van der Waals surface area contributed by atoms with Gasteiger partial charge in [0.05, 0.1) is 28.7 Å². The van der Waals surface area contributed by atoms with Crippen LogP contribution in [0.3, 0.4) is 0 Å². The van der Waals surface area contributed by atoms with Gasteiger partial charge in [0.2, 0.25) is 5.91 Å². The van der Waals surface area contributed by atoms with Crippen molar-refractivity contribution in [2.45, 2.75) is 78.4 Å². The maximum absolute atomic E-state index is 13.0. The predicted molar refractivity (Wildman–Crippen MR) is 114 cm³/mol. The lowest BCUT2D eigenvalue weighted by Crippen LogP contribution is -2.36. The highest BCUT2D eigenvalue weighted by Gasteiger charge is 2.43. The Bertz CT molecular complexity index is 924. The molecule has 7 nitrogen and oxygen atoms in total. The molecule has 0 saturated heterocycles. The number of carbonyl (C=O) groups excluding carboxylic acids is 2. The Labute approximate surface area is 172 Å². The molecule has 1 aromatic heterocycles. The summed E-state index contributed by atoms with van der Waals surface area (Å²) in [6.07, 6.45) is 2.73. The minimum absolute atomic E-state index is 0.142. The molecule has 7 heteroatoms. The van der Waals surface area contributed by atoms with E-state index >= 15 is 0 Å². The summed E-state index contributed by atoms with van der Waals surface area (Å²) in [7, 11) is 0. The number of nitrogens with one attached hydrogen (secondary N) is 2. The van der Waals surface area contributed by atoms with Crippen LogP contribution in [0, 0.1) is 0 Å². The zero-order valence-electron chi connectivity index (χ0n) is 18.3. The Balaban J connectivity index is 1.83. The molecule has 0 unspecified atom stereocenters. The quantitative estimate of drug-likeness (QED) is 0.704. The SMILES string of the molecule is CCCCCN1C(=O)C(C)(C)c2cc3[nH]c(CNC(=O)OC(C)(C)C)nc3cc21. The van der Waals surface area contributed by atoms with Gasteiger partial charge in [-0.3, -0.25) is 4.79 Å². The molecule has 1 aliphatic rings. The molecule has 2 N–H and O–H groups in total. The molecule has 0 saturated carbocycles. The highest BCUT2D eigenvalue weighted by molar-refractivity contribution is 6.09. The Hall–Kier alpha value is -2.57. The second-order valence-electron chi connectivity index (χ2n) is 9.21. The molecule has 158 valence electrons. The normalized spacial score (nSPS) is 15.7. The minimum Gasteiger partial charge on any atom is -0.444 e. The Morgan fingerprint density at radius 3 is 2.66 bits per heavy atom. The van der Waals surface area contributed by atoms with Crippen molar-refractivity contribution in [1.29, 1.82) is 0 Å². The molecule has 3 rings (SSSR count). The van der Waals surface area contributed by atoms with Crippen molar-refractivity contribution >= 4 is 28.7 Å². The van der Waals surface area contributed by atoms with Crippen molar-refractivity contribution in [2.75, 3.05) is 11.4 Å². The van der Waals surface area contributed by atoms with Crippen molar-refractivity contribution in [3.63, 3.8) is 0 Å². The second-order valence-corrected chi connectivity index (χ2v) is 9.21. The average Bonchev–Trinajstić information content (AvgIpc) is 3.09. The van der Waals surface area contributed by atoms with Gasteiger partial charge in [-0.1, -0.05) is 19.8 Å². The number of hydrogen-bond donors (Lipinski definition) is 2. The number of anilines is 1. The summed E-state index contributed by atoms with van der Waals surface area (Å²) in [5, 5.41) is 2.72. The van der Waals surface area contributed by atoms with E-state index < -0.39 is 17.1 Å². The third kappa shape index (κ3) is 4.38. The molecule has 0 spiro atoms. The first-order valence-corrected chi connectivity index (χ1v) is 10.3. The van der Waals surface area contributed by atoms with Crippen LogP contribution in [0.2, 0.25) is 0 Å². The maximum Gasteiger partial charge on any atom is 0.408 e. The fraction of sp³-hybridized carbons (Fsp3) is 0.591. The van der Waals surface area contributed by atoms with E-state index in [-0.39, 0.29) is 12.5 Å². The molecule has 0 aliphatic carbocycles. The van der Waals surface area contributed by atoms with Crippen LogP contribution >= 0.6 is 0 Å². The molecular weight excluding hydrogens is 368 g/mol. The van der Waals surface area contributed by atoms with Gasteiger partial charge in [-0.05, 0) is 58.7 Å². The van der Waals surface area contributed by atoms with Crippen LogP contribution in [-0.4, -0.2) is 34.1 Å². The van der Waals surface area contributed by atoms with E-state index in [9.17, 15) is 9.59 Å². The number of nitrogens with zero attached hydrogens (tertiary/aromatic N) is 2. The van der Waals surface area contributed by atoms with Gasteiger partial charge in [0, 0.05) is 6.54 Å². The van der Waals surface area contributed by atoms with E-state index in [4.69, 9.17) is 4.74 Å². The van der Waals surface area contributed by atoms with Gasteiger partial charge in [0.15, 0.2) is 0 Å². The number of ether oxygens (including phenoxy) is 1. The predicted octanol–water partition coefficient (Wildman–Crippen LogP) is 4.40. The Morgan fingerprint density at radius 2 is 2.00 bits per heavy atom. The molecule has 2 heterocycles. The lowest BCUT2D eigenvalue weighted by Gasteiger charge is -2.20. The number of aromatic nitrogens is 2. The number of unbranched alkanes of at least 4 members (excludes halogenated alkanes) is 2. The molecule has 0 radical (unpaired) electrons. The summed E-state index contributed by atoms with van der Waals surface area (Å²) >= 11 is 0. The Morgan fingerprint density at radius 1 is 1.28 bits per heavy atom. The zero-order valence-corrected chi connectivity index (χ0v) is 18.3. The maximum atomic E-state index is 13.0. The Kier molecular flexibility index (Phi) is 5.61. The van der Waals surface area contributed by atoms with Crippen molar-refractivity contribution in [3.05, 3.63) is 23.5 Å². The first-order chi connectivity index (χ1) is 13.5. The molecule has 1 aliphatic heterocycles. The van der Waals surface area contributed by atoms with E-state index in [2.05, 4.69) is 22.2 Å². The minimum atomic E-state index is -0.560. The first-order valence-electron chi connectivity index (χ1n) is 10.3. The van der Waals surface area contributed by atoms with Crippen molar-refractivity contribution in [1.82, 2.24) is 15.3 Å². The van der Waals surface area contributed by atoms with Crippen LogP contribution in [0.1, 0.15) is 72.2 Å². The number of aromatic amines is 1. The molecule has 29 heavy (non-hydrogen) atoms. The van der Waals surface area contributed by atoms with Gasteiger partial charge in [-0.25, -0.2) is 9.78 Å². The number of fused-ring (bicyclic) bond motifs is 2. The molecule has 0 atom stereocenters. The van der Waals surface area contributed by atoms with E-state index in [1.54, 1.807) is 0 Å². The summed E-state index contributed by atoms with van der Waals surface area (Å²) in [5.41, 5.74) is 2.51. The number of hydrogen-bond acceptors (Lipinski definition) is 4. The lowest BCUT2D eigenvalue weighted by molar-refractivity contribution is -0.122. The number of benzene rings is 1. The number of carbonyl (C=O) groups is 2. The van der Waals surface area contributed by atoms with E-state index in [1.165, 1.54) is 0 Å². The van der Waals surface area contributed by atoms with Gasteiger partial charge in [-0.15, -0.1) is 0 Å². The second kappa shape index (κ2) is 7.69. The number of amides is 2. The smallest absolute Gasteiger partial charge is 0.408 e. The standard InChI is InChI=1S/C22H32N4O3/c1-7-8-9-10-26-17-12-16-15(11-14(17)22(5,6)19(26)27)24-18(25-16)13-23-20(28)29-21(2,3)4/h11-12H,7-10,13H2,1-6H3,(H,23,28)(H,24,25). The number of H-pyrrole nitrogens is 1. The number of alkyl carbamates (subject to hydrolysis) is 1. The first kappa shape index (κ1) is 21.1. The van der Waals surface area contributed by atoms with Crippen LogP contribution in [0.4, 0.5) is 10.5 Å². The fourth-order valence-corrected chi connectivity index (χ4v) is 3.68. The number of rotatable bonds is 6. The molecular formula is C22H32N4O3. The average molecular weight is 401 g/mol. The van der Waals surface area contributed by atoms with Crippen molar-refractivity contribution in [3.8, 4) is 0 Å². The van der Waals surface area contributed by atoms with Crippen LogP contribution < -0.4 is 10.2 Å². The van der Waals surface area contributed by atoms with Gasteiger partial charge < -0.3 is 19.9 Å². The van der Waals surface area contributed by atoms with Gasteiger partial charge >= 0.3 is 6.09 Å². The summed E-state index contributed by atoms with van der Waals surface area (Å²) in [6, 6.07) is 4.00. The largest absolute Gasteiger partial charge is 0.444 e. The van der Waals surface area contributed by atoms with Crippen LogP contribution in [-0.2, 0) is 21.5 Å². The van der Waals surface area contributed by atoms with Crippen molar-refractivity contribution in [2.24, 2.45) is 0 Å². The molecule has 2 amide bonds. The summed E-state index contributed by atoms with van der Waals surface area (Å²) in [5.74, 6) is 0.791. The third-order valence-corrected chi connectivity index (χ3v) is 5.18. The van der Waals surface area contributed by atoms with Crippen LogP contribution in [0.25, 0.3) is 11.0 Å². The topological polar surface area (TPSA) is 87.3 Å². The van der Waals surface area contributed by atoms with E-state index in [0.29, 0.717) is 5.82 Å². The monoisotopic (exact) mass is 400 g/mol. The zero-order chi connectivity index (χ0) is 21.4. The molecule has 0 bridgehead atoms. The van der Waals surface area contributed by atoms with Gasteiger partial charge in [-0.2, -0.15) is 0 Å². The third-order valence-electron chi connectivity index (χ3n) is 5.18. The summed E-state index contributed by atoms with van der Waals surface area (Å²) in [6.45, 7) is 12.6. The fourth-order valence-electron chi connectivity index (χ4n) is 3.68. The van der Waals surface area contributed by atoms with Gasteiger partial charge in [0.25, 0.3) is 0 Å².